The van der Waals surface area contributed by atoms with Crippen molar-refractivity contribution in [1.29, 1.82) is 5.26 Å². The van der Waals surface area contributed by atoms with E-state index in [-0.39, 0.29) is 0 Å². The summed E-state index contributed by atoms with van der Waals surface area (Å²) in [4.78, 5) is 4.43. The molecule has 0 saturated carbocycles. The summed E-state index contributed by atoms with van der Waals surface area (Å²) in [5.74, 6) is 0. The van der Waals surface area contributed by atoms with Crippen LogP contribution in [0.2, 0.25) is 0 Å². The van der Waals surface area contributed by atoms with Crippen LogP contribution in [0, 0.1) is 11.3 Å². The quantitative estimate of drug-likeness (QED) is 0.687. The van der Waals surface area contributed by atoms with Gasteiger partial charge in [-0.1, -0.05) is 6.07 Å². The normalized spacial score (nSPS) is 10.3. The fourth-order valence-electron chi connectivity index (χ4n) is 2.14. The maximum absolute atomic E-state index is 8.95. The zero-order valence-corrected chi connectivity index (χ0v) is 12.6. The van der Waals surface area contributed by atoms with E-state index in [2.05, 4.69) is 32.3 Å². The molecule has 0 spiro atoms. The Morgan fingerprint density at radius 1 is 1.19 bits per heavy atom. The predicted molar refractivity (Wildman–Crippen MR) is 88.3 cm³/mol. The fraction of sp³-hybridized carbons (Fsp3) is 0. The lowest BCUT2D eigenvalue weighted by molar-refractivity contribution is 1.38. The molecule has 3 rings (SSSR count). The van der Waals surface area contributed by atoms with E-state index in [1.807, 2.05) is 30.3 Å². The predicted octanol–water partition coefficient (Wildman–Crippen LogP) is 4.19. The van der Waals surface area contributed by atoms with Crippen LogP contribution in [0.25, 0.3) is 10.9 Å². The number of hydrogen-bond donors (Lipinski definition) is 2. The minimum Gasteiger partial charge on any atom is -0.398 e. The number of hydrogen-bond acceptors (Lipinski definition) is 4. The van der Waals surface area contributed by atoms with Crippen LogP contribution in [0.15, 0.2) is 53.1 Å². The third-order valence-electron chi connectivity index (χ3n) is 3.12. The SMILES string of the molecule is N#Cc1cccc(Nc2ccc(N)c3cc(Br)cnc23)c1. The zero-order chi connectivity index (χ0) is 14.8. The number of anilines is 3. The maximum Gasteiger partial charge on any atom is 0.0992 e. The Morgan fingerprint density at radius 3 is 2.86 bits per heavy atom. The number of nitrogens with one attached hydrogen (secondary N) is 1. The number of rotatable bonds is 2. The van der Waals surface area contributed by atoms with Crippen LogP contribution < -0.4 is 11.1 Å². The Morgan fingerprint density at radius 2 is 2.05 bits per heavy atom. The minimum atomic E-state index is 0.607. The topological polar surface area (TPSA) is 74.7 Å². The molecule has 3 N–H and O–H groups in total. The molecular formula is C16H11BrN4. The molecule has 0 fully saturated rings. The highest BCUT2D eigenvalue weighted by molar-refractivity contribution is 9.10. The van der Waals surface area contributed by atoms with Gasteiger partial charge in [0.25, 0.3) is 0 Å². The summed E-state index contributed by atoms with van der Waals surface area (Å²) in [6, 6.07) is 15.1. The van der Waals surface area contributed by atoms with E-state index in [0.717, 1.165) is 26.8 Å². The third-order valence-corrected chi connectivity index (χ3v) is 3.55. The van der Waals surface area contributed by atoms with Gasteiger partial charge in [0, 0.05) is 27.4 Å². The average molecular weight is 339 g/mol. The summed E-state index contributed by atoms with van der Waals surface area (Å²) in [6.07, 6.45) is 1.73. The van der Waals surface area contributed by atoms with Gasteiger partial charge >= 0.3 is 0 Å². The molecular weight excluding hydrogens is 328 g/mol. The molecule has 0 unspecified atom stereocenters. The highest BCUT2D eigenvalue weighted by atomic mass is 79.9. The molecule has 0 amide bonds. The first-order valence-electron chi connectivity index (χ1n) is 6.28. The van der Waals surface area contributed by atoms with Crippen LogP contribution in [0.5, 0.6) is 0 Å². The number of nitrogen functional groups attached to an aromatic ring is 1. The van der Waals surface area contributed by atoms with E-state index in [1.165, 1.54) is 0 Å². The Balaban J connectivity index is 2.09. The molecule has 21 heavy (non-hydrogen) atoms. The lowest BCUT2D eigenvalue weighted by atomic mass is 10.1. The summed E-state index contributed by atoms with van der Waals surface area (Å²) in [6.45, 7) is 0. The van der Waals surface area contributed by atoms with Crippen molar-refractivity contribution >= 4 is 43.9 Å². The molecule has 4 nitrogen and oxygen atoms in total. The molecule has 1 aromatic heterocycles. The first-order chi connectivity index (χ1) is 10.2. The van der Waals surface area contributed by atoms with Crippen molar-refractivity contribution in [2.75, 3.05) is 11.1 Å². The lowest BCUT2D eigenvalue weighted by Crippen LogP contribution is -1.96. The van der Waals surface area contributed by atoms with Gasteiger partial charge in [0.2, 0.25) is 0 Å². The highest BCUT2D eigenvalue weighted by Gasteiger charge is 2.07. The van der Waals surface area contributed by atoms with Crippen molar-refractivity contribution in [1.82, 2.24) is 4.98 Å². The fourth-order valence-corrected chi connectivity index (χ4v) is 2.47. The number of halogens is 1. The molecule has 0 bridgehead atoms. The smallest absolute Gasteiger partial charge is 0.0992 e. The summed E-state index contributed by atoms with van der Waals surface area (Å²) in [7, 11) is 0. The Kier molecular flexibility index (Phi) is 3.46. The second-order valence-electron chi connectivity index (χ2n) is 4.57. The maximum atomic E-state index is 8.95. The third kappa shape index (κ3) is 2.67. The van der Waals surface area contributed by atoms with Gasteiger partial charge in [-0.15, -0.1) is 0 Å². The molecule has 0 aliphatic rings. The standard InChI is InChI=1S/C16H11BrN4/c17-11-7-13-14(19)4-5-15(16(13)20-9-11)21-12-3-1-2-10(6-12)8-18/h1-7,9,21H,19H2. The molecule has 2 aromatic carbocycles. The molecule has 0 radical (unpaired) electrons. The largest absolute Gasteiger partial charge is 0.398 e. The molecule has 0 aliphatic carbocycles. The minimum absolute atomic E-state index is 0.607. The van der Waals surface area contributed by atoms with E-state index in [4.69, 9.17) is 11.0 Å². The van der Waals surface area contributed by atoms with Gasteiger partial charge in [-0.25, -0.2) is 0 Å². The number of pyridine rings is 1. The van der Waals surface area contributed by atoms with Crippen molar-refractivity contribution in [2.45, 2.75) is 0 Å². The van der Waals surface area contributed by atoms with Crippen LogP contribution in [0.3, 0.4) is 0 Å². The van der Waals surface area contributed by atoms with E-state index >= 15 is 0 Å². The summed E-state index contributed by atoms with van der Waals surface area (Å²) in [5, 5.41) is 13.1. The molecule has 0 aliphatic heterocycles. The number of nitrogens with zero attached hydrogens (tertiary/aromatic N) is 2. The van der Waals surface area contributed by atoms with Gasteiger partial charge < -0.3 is 11.1 Å². The van der Waals surface area contributed by atoms with Gasteiger partial charge in [0.1, 0.15) is 0 Å². The van der Waals surface area contributed by atoms with Crippen molar-refractivity contribution in [3.8, 4) is 6.07 Å². The van der Waals surface area contributed by atoms with Gasteiger partial charge in [-0.3, -0.25) is 4.98 Å². The molecule has 3 aromatic rings. The van der Waals surface area contributed by atoms with E-state index in [0.29, 0.717) is 11.3 Å². The van der Waals surface area contributed by atoms with Crippen molar-refractivity contribution < 1.29 is 0 Å². The van der Waals surface area contributed by atoms with Gasteiger partial charge in [-0.05, 0) is 52.3 Å². The summed E-state index contributed by atoms with van der Waals surface area (Å²) in [5.41, 5.74) is 9.76. The lowest BCUT2D eigenvalue weighted by Gasteiger charge is -2.11. The van der Waals surface area contributed by atoms with Crippen LogP contribution in [-0.2, 0) is 0 Å². The van der Waals surface area contributed by atoms with Crippen LogP contribution in [0.4, 0.5) is 17.1 Å². The Labute approximate surface area is 130 Å². The molecule has 0 atom stereocenters. The van der Waals surface area contributed by atoms with Crippen molar-refractivity contribution in [3.63, 3.8) is 0 Å². The van der Waals surface area contributed by atoms with Crippen LogP contribution >= 0.6 is 15.9 Å². The van der Waals surface area contributed by atoms with Gasteiger partial charge in [0.15, 0.2) is 0 Å². The van der Waals surface area contributed by atoms with Crippen molar-refractivity contribution in [2.24, 2.45) is 0 Å². The molecule has 0 saturated heterocycles. The number of benzene rings is 2. The van der Waals surface area contributed by atoms with E-state index < -0.39 is 0 Å². The zero-order valence-electron chi connectivity index (χ0n) is 11.0. The molecule has 1 heterocycles. The van der Waals surface area contributed by atoms with Crippen LogP contribution in [-0.4, -0.2) is 4.98 Å². The number of nitriles is 1. The first-order valence-corrected chi connectivity index (χ1v) is 7.07. The first kappa shape index (κ1) is 13.4. The van der Waals surface area contributed by atoms with E-state index in [1.54, 1.807) is 18.3 Å². The summed E-state index contributed by atoms with van der Waals surface area (Å²) >= 11 is 3.40. The number of aromatic nitrogens is 1. The number of nitrogens with two attached hydrogens (primary N) is 1. The molecule has 5 heteroatoms. The monoisotopic (exact) mass is 338 g/mol. The summed E-state index contributed by atoms with van der Waals surface area (Å²) < 4.78 is 0.880. The average Bonchev–Trinajstić information content (AvgIpc) is 2.50. The molecule has 102 valence electrons. The highest BCUT2D eigenvalue weighted by Crippen LogP contribution is 2.30. The van der Waals surface area contributed by atoms with Gasteiger partial charge in [-0.2, -0.15) is 5.26 Å². The van der Waals surface area contributed by atoms with Gasteiger partial charge in [0.05, 0.1) is 22.8 Å². The van der Waals surface area contributed by atoms with E-state index in [9.17, 15) is 0 Å². The second kappa shape index (κ2) is 5.43. The van der Waals surface area contributed by atoms with Crippen molar-refractivity contribution in [3.05, 3.63) is 58.7 Å². The number of fused-ring (bicyclic) bond motifs is 1. The van der Waals surface area contributed by atoms with Crippen LogP contribution in [0.1, 0.15) is 5.56 Å². The Hall–Kier alpha value is -2.58. The second-order valence-corrected chi connectivity index (χ2v) is 5.49. The Bertz CT molecular complexity index is 868.